The fourth-order valence-corrected chi connectivity index (χ4v) is 2.16. The van der Waals surface area contributed by atoms with Crippen LogP contribution in [0.4, 0.5) is 5.82 Å². The van der Waals surface area contributed by atoms with E-state index in [2.05, 4.69) is 9.97 Å². The molecule has 7 nitrogen and oxygen atoms in total. The summed E-state index contributed by atoms with van der Waals surface area (Å²) in [5.74, 6) is -0.519. The minimum atomic E-state index is -1.10. The number of nitrogens with zero attached hydrogens (tertiary/aromatic N) is 3. The van der Waals surface area contributed by atoms with Crippen molar-refractivity contribution >= 4 is 11.8 Å². The molecule has 0 amide bonds. The van der Waals surface area contributed by atoms with Crippen molar-refractivity contribution in [2.45, 2.75) is 25.6 Å². The summed E-state index contributed by atoms with van der Waals surface area (Å²) in [6.07, 6.45) is 2.37. The number of carbonyl (C=O) groups is 1. The van der Waals surface area contributed by atoms with Crippen molar-refractivity contribution in [1.29, 1.82) is 0 Å². The lowest BCUT2D eigenvalue weighted by atomic mass is 10.1. The second kappa shape index (κ2) is 5.10. The van der Waals surface area contributed by atoms with Gasteiger partial charge in [0.1, 0.15) is 5.82 Å². The van der Waals surface area contributed by atoms with Crippen molar-refractivity contribution in [3.63, 3.8) is 0 Å². The summed E-state index contributed by atoms with van der Waals surface area (Å²) in [7, 11) is 0. The molecule has 0 spiro atoms. The molecule has 1 aliphatic rings. The molecule has 1 unspecified atom stereocenters. The minimum Gasteiger partial charge on any atom is -0.476 e. The molecule has 7 heteroatoms. The van der Waals surface area contributed by atoms with E-state index in [-0.39, 0.29) is 18.4 Å². The Kier molecular flexibility index (Phi) is 3.68. The molecule has 2 rings (SSSR count). The van der Waals surface area contributed by atoms with Crippen LogP contribution in [-0.2, 0) is 4.74 Å². The topological polar surface area (TPSA) is 95.8 Å². The first-order chi connectivity index (χ1) is 8.91. The first-order valence-electron chi connectivity index (χ1n) is 6.00. The van der Waals surface area contributed by atoms with Crippen LogP contribution in [-0.4, -0.2) is 57.6 Å². The summed E-state index contributed by atoms with van der Waals surface area (Å²) in [4.78, 5) is 20.6. The van der Waals surface area contributed by atoms with Gasteiger partial charge in [-0.05, 0) is 13.8 Å². The Balaban J connectivity index is 2.18. The number of carboxylic acid groups (broad SMARTS) is 1. The van der Waals surface area contributed by atoms with Crippen LogP contribution in [0.2, 0.25) is 0 Å². The lowest BCUT2D eigenvalue weighted by Crippen LogP contribution is -2.54. The van der Waals surface area contributed by atoms with Gasteiger partial charge in [-0.2, -0.15) is 0 Å². The van der Waals surface area contributed by atoms with Crippen molar-refractivity contribution < 1.29 is 19.7 Å². The van der Waals surface area contributed by atoms with Crippen LogP contribution in [0, 0.1) is 0 Å². The van der Waals surface area contributed by atoms with Crippen molar-refractivity contribution in [2.24, 2.45) is 0 Å². The number of hydrogen-bond acceptors (Lipinski definition) is 6. The Morgan fingerprint density at radius 2 is 2.26 bits per heavy atom. The highest BCUT2D eigenvalue weighted by Gasteiger charge is 2.33. The molecule has 0 aliphatic carbocycles. The number of rotatable bonds is 3. The molecular formula is C12H17N3O4. The number of carboxylic acids is 1. The van der Waals surface area contributed by atoms with Crippen LogP contribution in [0.25, 0.3) is 0 Å². The van der Waals surface area contributed by atoms with E-state index in [0.29, 0.717) is 18.9 Å². The van der Waals surface area contributed by atoms with Crippen LogP contribution in [0.1, 0.15) is 24.3 Å². The molecule has 0 radical (unpaired) electrons. The van der Waals surface area contributed by atoms with E-state index in [9.17, 15) is 9.90 Å². The molecule has 0 bridgehead atoms. The quantitative estimate of drug-likeness (QED) is 0.804. The third-order valence-electron chi connectivity index (χ3n) is 2.87. The van der Waals surface area contributed by atoms with Gasteiger partial charge in [-0.3, -0.25) is 0 Å². The van der Waals surface area contributed by atoms with Crippen LogP contribution >= 0.6 is 0 Å². The molecule has 1 atom stereocenters. The smallest absolute Gasteiger partial charge is 0.356 e. The van der Waals surface area contributed by atoms with Gasteiger partial charge in [0.15, 0.2) is 5.69 Å². The van der Waals surface area contributed by atoms with Gasteiger partial charge < -0.3 is 19.8 Å². The normalized spacial score (nSPS) is 22.3. The summed E-state index contributed by atoms with van der Waals surface area (Å²) >= 11 is 0. The van der Waals surface area contributed by atoms with Gasteiger partial charge in [0.2, 0.25) is 0 Å². The van der Waals surface area contributed by atoms with Gasteiger partial charge in [-0.1, -0.05) is 0 Å². The van der Waals surface area contributed by atoms with Gasteiger partial charge >= 0.3 is 5.97 Å². The minimum absolute atomic E-state index is 0.0689. The highest BCUT2D eigenvalue weighted by Crippen LogP contribution is 2.24. The Hall–Kier alpha value is -1.73. The van der Waals surface area contributed by atoms with Gasteiger partial charge in [-0.25, -0.2) is 14.8 Å². The third kappa shape index (κ3) is 3.18. The summed E-state index contributed by atoms with van der Waals surface area (Å²) in [6.45, 7) is 4.90. The molecule has 104 valence electrons. The maximum absolute atomic E-state index is 10.7. The Morgan fingerprint density at radius 1 is 1.53 bits per heavy atom. The average molecular weight is 267 g/mol. The molecule has 1 aromatic rings. The fourth-order valence-electron chi connectivity index (χ4n) is 2.16. The van der Waals surface area contributed by atoms with Crippen molar-refractivity contribution in [1.82, 2.24) is 9.97 Å². The van der Waals surface area contributed by atoms with E-state index < -0.39 is 11.6 Å². The molecule has 1 aromatic heterocycles. The number of ether oxygens (including phenoxy) is 1. The molecule has 2 N–H and O–H groups in total. The number of aliphatic hydroxyl groups excluding tert-OH is 1. The Labute approximate surface area is 110 Å². The summed E-state index contributed by atoms with van der Waals surface area (Å²) in [5, 5.41) is 18.0. The highest BCUT2D eigenvalue weighted by molar-refractivity contribution is 5.84. The van der Waals surface area contributed by atoms with Gasteiger partial charge in [0.05, 0.1) is 30.7 Å². The third-order valence-corrected chi connectivity index (χ3v) is 2.87. The van der Waals surface area contributed by atoms with E-state index in [1.54, 1.807) is 0 Å². The number of aromatic carboxylic acids is 1. The lowest BCUT2D eigenvalue weighted by molar-refractivity contribution is -0.101. The summed E-state index contributed by atoms with van der Waals surface area (Å²) in [6, 6.07) is 0. The number of aliphatic hydroxyl groups is 1. The maximum Gasteiger partial charge on any atom is 0.356 e. The van der Waals surface area contributed by atoms with Crippen molar-refractivity contribution in [3.8, 4) is 0 Å². The lowest BCUT2D eigenvalue weighted by Gasteiger charge is -2.42. The first kappa shape index (κ1) is 13.7. The molecule has 1 aliphatic heterocycles. The van der Waals surface area contributed by atoms with E-state index in [1.165, 1.54) is 12.4 Å². The predicted octanol–water partition coefficient (Wildman–Crippen LogP) is 0.151. The average Bonchev–Trinajstić information content (AvgIpc) is 2.37. The molecular weight excluding hydrogens is 250 g/mol. The molecule has 1 saturated heterocycles. The van der Waals surface area contributed by atoms with Gasteiger partial charge in [0, 0.05) is 13.1 Å². The number of aromatic nitrogens is 2. The zero-order valence-corrected chi connectivity index (χ0v) is 10.9. The highest BCUT2D eigenvalue weighted by atomic mass is 16.5. The van der Waals surface area contributed by atoms with Crippen molar-refractivity contribution in [3.05, 3.63) is 18.1 Å². The maximum atomic E-state index is 10.7. The predicted molar refractivity (Wildman–Crippen MR) is 67.2 cm³/mol. The van der Waals surface area contributed by atoms with Gasteiger partial charge in [0.25, 0.3) is 0 Å². The van der Waals surface area contributed by atoms with E-state index in [4.69, 9.17) is 9.84 Å². The van der Waals surface area contributed by atoms with Crippen molar-refractivity contribution in [2.75, 3.05) is 24.6 Å². The number of hydrogen-bond donors (Lipinski definition) is 2. The SMILES string of the molecule is CC1(C)CN(c2cnc(C(=O)O)cn2)CC(CO)O1. The molecule has 19 heavy (non-hydrogen) atoms. The fraction of sp³-hybridized carbons (Fsp3) is 0.583. The van der Waals surface area contributed by atoms with E-state index in [1.807, 2.05) is 18.7 Å². The van der Waals surface area contributed by atoms with E-state index in [0.717, 1.165) is 0 Å². The first-order valence-corrected chi connectivity index (χ1v) is 6.00. The second-order valence-electron chi connectivity index (χ2n) is 5.13. The number of anilines is 1. The molecule has 0 saturated carbocycles. The molecule has 0 aromatic carbocycles. The Bertz CT molecular complexity index is 461. The van der Waals surface area contributed by atoms with Crippen LogP contribution < -0.4 is 4.90 Å². The second-order valence-corrected chi connectivity index (χ2v) is 5.13. The van der Waals surface area contributed by atoms with E-state index >= 15 is 0 Å². The summed E-state index contributed by atoms with van der Waals surface area (Å²) in [5.41, 5.74) is -0.492. The molecule has 2 heterocycles. The zero-order valence-electron chi connectivity index (χ0n) is 10.9. The standard InChI is InChI=1S/C12H17N3O4/c1-12(2)7-15(5-8(6-16)19-12)10-4-13-9(3-14-10)11(17)18/h3-4,8,16H,5-7H2,1-2H3,(H,17,18). The molecule has 1 fully saturated rings. The van der Waals surface area contributed by atoms with Crippen LogP contribution in [0.15, 0.2) is 12.4 Å². The summed E-state index contributed by atoms with van der Waals surface area (Å²) < 4.78 is 5.70. The van der Waals surface area contributed by atoms with Gasteiger partial charge in [-0.15, -0.1) is 0 Å². The zero-order chi connectivity index (χ0) is 14.0. The van der Waals surface area contributed by atoms with Crippen LogP contribution in [0.5, 0.6) is 0 Å². The Morgan fingerprint density at radius 3 is 2.79 bits per heavy atom. The number of morpholine rings is 1. The largest absolute Gasteiger partial charge is 0.476 e. The van der Waals surface area contributed by atoms with Crippen LogP contribution in [0.3, 0.4) is 0 Å². The monoisotopic (exact) mass is 267 g/mol.